The first kappa shape index (κ1) is 22.6. The Morgan fingerprint density at radius 2 is 1.64 bits per heavy atom. The van der Waals surface area contributed by atoms with E-state index < -0.39 is 21.7 Å². The van der Waals surface area contributed by atoms with Crippen LogP contribution in [0.15, 0.2) is 82.7 Å². The molecule has 1 heterocycles. The van der Waals surface area contributed by atoms with Crippen molar-refractivity contribution in [3.05, 3.63) is 83.2 Å². The van der Waals surface area contributed by atoms with E-state index >= 15 is 0 Å². The molecule has 0 atom stereocenters. The summed E-state index contributed by atoms with van der Waals surface area (Å²) in [7, 11) is -2.14. The monoisotopic (exact) mass is 480 g/mol. The lowest BCUT2D eigenvalue weighted by Crippen LogP contribution is -2.22. The average molecular weight is 481 g/mol. The van der Waals surface area contributed by atoms with Crippen LogP contribution >= 0.6 is 11.3 Å². The Kier molecular flexibility index (Phi) is 6.26. The predicted octanol–water partition coefficient (Wildman–Crippen LogP) is 3.69. The lowest BCUT2D eigenvalue weighted by atomic mass is 10.0. The molecule has 3 aromatic carbocycles. The summed E-state index contributed by atoms with van der Waals surface area (Å²) >= 11 is 1.13. The van der Waals surface area contributed by atoms with Crippen molar-refractivity contribution in [2.45, 2.75) is 11.4 Å². The highest BCUT2D eigenvalue weighted by molar-refractivity contribution is 7.90. The molecule has 0 aliphatic rings. The average Bonchev–Trinajstić information content (AvgIpc) is 3.15. The van der Waals surface area contributed by atoms with Gasteiger partial charge < -0.3 is 9.30 Å². The quantitative estimate of drug-likeness (QED) is 0.406. The Labute approximate surface area is 194 Å². The van der Waals surface area contributed by atoms with Gasteiger partial charge in [0.1, 0.15) is 6.54 Å². The maximum Gasteiger partial charge on any atom is 0.325 e. The molecule has 1 amide bonds. The largest absolute Gasteiger partial charge is 0.468 e. The van der Waals surface area contributed by atoms with Crippen LogP contribution in [0.3, 0.4) is 0 Å². The van der Waals surface area contributed by atoms with E-state index in [1.54, 1.807) is 22.8 Å². The molecule has 0 bridgehead atoms. The molecule has 0 spiro atoms. The van der Waals surface area contributed by atoms with Crippen LogP contribution in [0.4, 0.5) is 0 Å². The molecule has 168 valence electrons. The second-order valence-electron chi connectivity index (χ2n) is 7.31. The van der Waals surface area contributed by atoms with Crippen LogP contribution in [0.2, 0.25) is 0 Å². The summed E-state index contributed by atoms with van der Waals surface area (Å²) in [6.45, 7) is -0.159. The van der Waals surface area contributed by atoms with Gasteiger partial charge in [-0.1, -0.05) is 53.8 Å². The van der Waals surface area contributed by atoms with Crippen molar-refractivity contribution < 1.29 is 22.7 Å². The first-order valence-electron chi connectivity index (χ1n) is 9.91. The molecule has 33 heavy (non-hydrogen) atoms. The van der Waals surface area contributed by atoms with Crippen LogP contribution in [0.5, 0.6) is 0 Å². The number of rotatable bonds is 5. The summed E-state index contributed by atoms with van der Waals surface area (Å²) in [4.78, 5) is 29.5. The van der Waals surface area contributed by atoms with E-state index in [2.05, 4.69) is 4.99 Å². The molecule has 7 nitrogen and oxygen atoms in total. The molecule has 1 aromatic heterocycles. The maximum atomic E-state index is 12.9. The van der Waals surface area contributed by atoms with Gasteiger partial charge in [0.15, 0.2) is 14.6 Å². The molecular formula is C24H20N2O5S2. The highest BCUT2D eigenvalue weighted by Crippen LogP contribution is 2.23. The fourth-order valence-corrected chi connectivity index (χ4v) is 5.09. The van der Waals surface area contributed by atoms with Gasteiger partial charge in [0, 0.05) is 11.8 Å². The third-order valence-corrected chi connectivity index (χ3v) is 7.18. The lowest BCUT2D eigenvalue weighted by Gasteiger charge is -2.05. The Bertz CT molecular complexity index is 1520. The number of thiazole rings is 1. The van der Waals surface area contributed by atoms with Crippen LogP contribution in [-0.4, -0.2) is 38.2 Å². The van der Waals surface area contributed by atoms with Crippen LogP contribution < -0.4 is 4.80 Å². The SMILES string of the molecule is COC(=O)Cn1c(=NC(=O)c2ccc(-c3ccccc3)cc2)sc2cc(S(C)(=O)=O)ccc21. The van der Waals surface area contributed by atoms with Crippen molar-refractivity contribution in [2.75, 3.05) is 13.4 Å². The normalized spacial score (nSPS) is 12.1. The summed E-state index contributed by atoms with van der Waals surface area (Å²) in [6.07, 6.45) is 1.12. The zero-order chi connectivity index (χ0) is 23.6. The molecule has 9 heteroatoms. The number of sulfone groups is 1. The number of benzene rings is 3. The fraction of sp³-hybridized carbons (Fsp3) is 0.125. The van der Waals surface area contributed by atoms with Crippen molar-refractivity contribution in [1.29, 1.82) is 0 Å². The highest BCUT2D eigenvalue weighted by Gasteiger charge is 2.15. The van der Waals surface area contributed by atoms with Crippen molar-refractivity contribution in [1.82, 2.24) is 4.57 Å². The van der Waals surface area contributed by atoms with Gasteiger partial charge in [-0.25, -0.2) is 8.42 Å². The molecule has 0 radical (unpaired) electrons. The van der Waals surface area contributed by atoms with E-state index in [4.69, 9.17) is 4.74 Å². The molecule has 0 aliphatic heterocycles. The Morgan fingerprint density at radius 1 is 0.970 bits per heavy atom. The van der Waals surface area contributed by atoms with Gasteiger partial charge in [-0.05, 0) is 41.5 Å². The van der Waals surface area contributed by atoms with Gasteiger partial charge in [-0.15, -0.1) is 0 Å². The number of hydrogen-bond acceptors (Lipinski definition) is 6. The first-order valence-corrected chi connectivity index (χ1v) is 12.6. The zero-order valence-electron chi connectivity index (χ0n) is 17.9. The van der Waals surface area contributed by atoms with Gasteiger partial charge in [0.25, 0.3) is 5.91 Å². The summed E-state index contributed by atoms with van der Waals surface area (Å²) in [5, 5.41) is 0. The molecule has 0 N–H and O–H groups in total. The summed E-state index contributed by atoms with van der Waals surface area (Å²) < 4.78 is 30.8. The van der Waals surface area contributed by atoms with Crippen molar-refractivity contribution in [2.24, 2.45) is 4.99 Å². The third kappa shape index (κ3) is 4.94. The van der Waals surface area contributed by atoms with Gasteiger partial charge >= 0.3 is 5.97 Å². The number of carbonyl (C=O) groups is 2. The Balaban J connectivity index is 1.76. The number of amides is 1. The topological polar surface area (TPSA) is 94.8 Å². The number of fused-ring (bicyclic) bond motifs is 1. The number of carbonyl (C=O) groups excluding carboxylic acids is 2. The van der Waals surface area contributed by atoms with Gasteiger partial charge in [-0.2, -0.15) is 4.99 Å². The highest BCUT2D eigenvalue weighted by atomic mass is 32.2. The van der Waals surface area contributed by atoms with E-state index in [-0.39, 0.29) is 16.2 Å². The second kappa shape index (κ2) is 9.13. The molecule has 0 aliphatic carbocycles. The minimum absolute atomic E-state index is 0.149. The maximum absolute atomic E-state index is 12.9. The van der Waals surface area contributed by atoms with E-state index in [9.17, 15) is 18.0 Å². The van der Waals surface area contributed by atoms with Gasteiger partial charge in [0.05, 0.1) is 22.2 Å². The molecule has 0 unspecified atom stereocenters. The van der Waals surface area contributed by atoms with Crippen LogP contribution in [0.25, 0.3) is 21.3 Å². The van der Waals surface area contributed by atoms with Crippen LogP contribution in [0.1, 0.15) is 10.4 Å². The number of methoxy groups -OCH3 is 1. The minimum atomic E-state index is -3.41. The van der Waals surface area contributed by atoms with Crippen LogP contribution in [0, 0.1) is 0 Å². The van der Waals surface area contributed by atoms with E-state index in [1.807, 2.05) is 42.5 Å². The molecule has 0 saturated heterocycles. The van der Waals surface area contributed by atoms with Gasteiger partial charge in [-0.3, -0.25) is 9.59 Å². The van der Waals surface area contributed by atoms with Crippen molar-refractivity contribution in [3.63, 3.8) is 0 Å². The van der Waals surface area contributed by atoms with Crippen molar-refractivity contribution in [3.8, 4) is 11.1 Å². The van der Waals surface area contributed by atoms with E-state index in [0.29, 0.717) is 15.8 Å². The summed E-state index contributed by atoms with van der Waals surface area (Å²) in [5.41, 5.74) is 3.00. The second-order valence-corrected chi connectivity index (χ2v) is 10.3. The van der Waals surface area contributed by atoms with Crippen molar-refractivity contribution >= 4 is 43.3 Å². The smallest absolute Gasteiger partial charge is 0.325 e. The fourth-order valence-electron chi connectivity index (χ4n) is 3.30. The number of ether oxygens (including phenoxy) is 1. The Morgan fingerprint density at radius 3 is 2.27 bits per heavy atom. The Hall–Kier alpha value is -3.56. The molecule has 0 fully saturated rings. The summed E-state index contributed by atoms with van der Waals surface area (Å²) in [5.74, 6) is -0.980. The van der Waals surface area contributed by atoms with E-state index in [1.165, 1.54) is 19.2 Å². The number of aromatic nitrogens is 1. The number of hydrogen-bond donors (Lipinski definition) is 0. The van der Waals surface area contributed by atoms with Crippen LogP contribution in [-0.2, 0) is 25.9 Å². The molecule has 0 saturated carbocycles. The minimum Gasteiger partial charge on any atom is -0.468 e. The van der Waals surface area contributed by atoms with Gasteiger partial charge in [0.2, 0.25) is 0 Å². The number of esters is 1. The molecule has 4 aromatic rings. The summed E-state index contributed by atoms with van der Waals surface area (Å²) in [6, 6.07) is 21.5. The standard InChI is InChI=1S/C24H20N2O5S2/c1-31-22(27)15-26-20-13-12-19(33(2,29)30)14-21(20)32-24(26)25-23(28)18-10-8-17(9-11-18)16-6-4-3-5-7-16/h3-14H,15H2,1-2H3. The number of nitrogens with zero attached hydrogens (tertiary/aromatic N) is 2. The molecular weight excluding hydrogens is 460 g/mol. The molecule has 4 rings (SSSR count). The third-order valence-electron chi connectivity index (χ3n) is 5.03. The first-order chi connectivity index (χ1) is 15.8. The lowest BCUT2D eigenvalue weighted by molar-refractivity contribution is -0.141. The zero-order valence-corrected chi connectivity index (χ0v) is 19.5. The van der Waals surface area contributed by atoms with E-state index in [0.717, 1.165) is 28.7 Å². The predicted molar refractivity (Wildman–Crippen MR) is 127 cm³/mol.